The van der Waals surface area contributed by atoms with E-state index in [1.54, 1.807) is 4.90 Å². The summed E-state index contributed by atoms with van der Waals surface area (Å²) in [5, 5.41) is 0. The van der Waals surface area contributed by atoms with Gasteiger partial charge in [-0.2, -0.15) is 0 Å². The van der Waals surface area contributed by atoms with Crippen molar-refractivity contribution in [3.63, 3.8) is 0 Å². The topological polar surface area (TPSA) is 66.9 Å². The summed E-state index contributed by atoms with van der Waals surface area (Å²) < 4.78 is 4.62. The lowest BCUT2D eigenvalue weighted by Gasteiger charge is -2.40. The highest BCUT2D eigenvalue weighted by Gasteiger charge is 2.37. The Morgan fingerprint density at radius 1 is 1.41 bits per heavy atom. The van der Waals surface area contributed by atoms with E-state index in [9.17, 15) is 14.4 Å². The Morgan fingerprint density at radius 3 is 2.65 bits per heavy atom. The Bertz CT molecular complexity index is 333. The number of imide groups is 1. The van der Waals surface area contributed by atoms with Crippen LogP contribution in [0.2, 0.25) is 0 Å². The zero-order valence-corrected chi connectivity index (χ0v) is 9.85. The summed E-state index contributed by atoms with van der Waals surface area (Å²) in [5.74, 6) is 0.0674. The highest BCUT2D eigenvalue weighted by molar-refractivity contribution is 5.97. The molecule has 17 heavy (non-hydrogen) atoms. The molecule has 2 fully saturated rings. The second-order valence-electron chi connectivity index (χ2n) is 4.47. The van der Waals surface area contributed by atoms with Crippen LogP contribution in [0.15, 0.2) is 0 Å². The maximum absolute atomic E-state index is 11.5. The van der Waals surface area contributed by atoms with Crippen LogP contribution in [0.25, 0.3) is 0 Å². The second-order valence-corrected chi connectivity index (χ2v) is 4.47. The van der Waals surface area contributed by atoms with Crippen molar-refractivity contribution in [2.45, 2.75) is 19.8 Å². The van der Waals surface area contributed by atoms with Gasteiger partial charge in [-0.25, -0.2) is 9.69 Å². The summed E-state index contributed by atoms with van der Waals surface area (Å²) in [4.78, 5) is 36.8. The van der Waals surface area contributed by atoms with Gasteiger partial charge in [-0.05, 0) is 6.42 Å². The average molecular weight is 240 g/mol. The van der Waals surface area contributed by atoms with Crippen LogP contribution in [0, 0.1) is 5.92 Å². The van der Waals surface area contributed by atoms with Crippen molar-refractivity contribution in [2.75, 3.05) is 26.2 Å². The molecule has 0 aliphatic carbocycles. The van der Waals surface area contributed by atoms with E-state index in [2.05, 4.69) is 4.74 Å². The number of carbonyl (C=O) groups excluding carboxylic acids is 3. The molecule has 0 spiro atoms. The van der Waals surface area contributed by atoms with Gasteiger partial charge in [0.05, 0.1) is 0 Å². The van der Waals surface area contributed by atoms with E-state index in [0.717, 1.165) is 11.3 Å². The van der Waals surface area contributed by atoms with Gasteiger partial charge < -0.3 is 9.64 Å². The van der Waals surface area contributed by atoms with E-state index in [1.807, 2.05) is 6.92 Å². The molecule has 2 aliphatic rings. The molecule has 0 unspecified atom stereocenters. The van der Waals surface area contributed by atoms with Crippen LogP contribution in [0.3, 0.4) is 0 Å². The molecule has 0 aromatic heterocycles. The molecule has 0 saturated carbocycles. The van der Waals surface area contributed by atoms with Crippen LogP contribution in [0.1, 0.15) is 19.8 Å². The van der Waals surface area contributed by atoms with Gasteiger partial charge in [-0.15, -0.1) is 0 Å². The number of cyclic esters (lactones) is 1. The molecule has 2 aliphatic heterocycles. The van der Waals surface area contributed by atoms with Crippen LogP contribution in [-0.2, 0) is 14.3 Å². The zero-order valence-electron chi connectivity index (χ0n) is 9.85. The first kappa shape index (κ1) is 11.9. The van der Waals surface area contributed by atoms with E-state index in [0.29, 0.717) is 26.1 Å². The molecule has 0 radical (unpaired) electrons. The highest BCUT2D eigenvalue weighted by Crippen LogP contribution is 2.20. The number of hydrogen-bond donors (Lipinski definition) is 0. The van der Waals surface area contributed by atoms with Crippen molar-refractivity contribution in [1.82, 2.24) is 9.80 Å². The molecule has 0 bridgehead atoms. The number of ether oxygens (including phenoxy) is 1. The number of rotatable bonds is 4. The number of amides is 3. The minimum Gasteiger partial charge on any atom is -0.439 e. The summed E-state index contributed by atoms with van der Waals surface area (Å²) >= 11 is 0. The highest BCUT2D eigenvalue weighted by atomic mass is 16.6. The standard InChI is InChI=1S/C11H16N2O4/c1-2-3-9(14)12-4-8(5-12)6-13-10(15)7-17-11(13)16/h8H,2-7H2,1H3. The fourth-order valence-corrected chi connectivity index (χ4v) is 2.08. The molecule has 0 N–H and O–H groups in total. The van der Waals surface area contributed by atoms with Gasteiger partial charge in [-0.3, -0.25) is 9.59 Å². The Hall–Kier alpha value is -1.59. The fraction of sp³-hybridized carbons (Fsp3) is 0.727. The van der Waals surface area contributed by atoms with Gasteiger partial charge in [0.2, 0.25) is 5.91 Å². The lowest BCUT2D eigenvalue weighted by Crippen LogP contribution is -2.54. The van der Waals surface area contributed by atoms with Crippen molar-refractivity contribution in [3.05, 3.63) is 0 Å². The maximum atomic E-state index is 11.5. The van der Waals surface area contributed by atoms with E-state index in [1.165, 1.54) is 0 Å². The summed E-state index contributed by atoms with van der Waals surface area (Å²) in [5.41, 5.74) is 0. The summed E-state index contributed by atoms with van der Waals surface area (Å²) in [7, 11) is 0. The molecule has 0 aromatic rings. The Kier molecular flexibility index (Phi) is 3.31. The van der Waals surface area contributed by atoms with Gasteiger partial charge in [0, 0.05) is 32.0 Å². The molecular weight excluding hydrogens is 224 g/mol. The third-order valence-electron chi connectivity index (χ3n) is 3.06. The van der Waals surface area contributed by atoms with Crippen molar-refractivity contribution >= 4 is 17.9 Å². The monoisotopic (exact) mass is 240 g/mol. The summed E-state index contributed by atoms with van der Waals surface area (Å²) in [6.07, 6.45) is 0.849. The van der Waals surface area contributed by atoms with Gasteiger partial charge in [0.15, 0.2) is 6.61 Å². The van der Waals surface area contributed by atoms with Gasteiger partial charge in [-0.1, -0.05) is 6.92 Å². The molecular formula is C11H16N2O4. The third kappa shape index (κ3) is 2.40. The zero-order chi connectivity index (χ0) is 12.4. The number of carbonyl (C=O) groups is 3. The first-order valence-electron chi connectivity index (χ1n) is 5.86. The number of hydrogen-bond acceptors (Lipinski definition) is 4. The number of nitrogens with zero attached hydrogens (tertiary/aromatic N) is 2. The van der Waals surface area contributed by atoms with E-state index >= 15 is 0 Å². The molecule has 6 heteroatoms. The number of likely N-dealkylation sites (tertiary alicyclic amines) is 1. The first-order chi connectivity index (χ1) is 8.11. The SMILES string of the molecule is CCCC(=O)N1CC(CN2C(=O)COC2=O)C1. The average Bonchev–Trinajstić information content (AvgIpc) is 2.53. The maximum Gasteiger partial charge on any atom is 0.417 e. The minimum absolute atomic E-state index is 0.149. The molecule has 2 heterocycles. The lowest BCUT2D eigenvalue weighted by molar-refractivity contribution is -0.138. The summed E-state index contributed by atoms with van der Waals surface area (Å²) in [6, 6.07) is 0. The molecule has 6 nitrogen and oxygen atoms in total. The normalized spacial score (nSPS) is 20.5. The van der Waals surface area contributed by atoms with Gasteiger partial charge >= 0.3 is 6.09 Å². The van der Waals surface area contributed by atoms with E-state index in [-0.39, 0.29) is 24.3 Å². The summed E-state index contributed by atoms with van der Waals surface area (Å²) in [6.45, 7) is 3.46. The van der Waals surface area contributed by atoms with Crippen molar-refractivity contribution in [1.29, 1.82) is 0 Å². The third-order valence-corrected chi connectivity index (χ3v) is 3.06. The molecule has 2 saturated heterocycles. The Labute approximate surface area is 99.5 Å². The Balaban J connectivity index is 1.75. The fourth-order valence-electron chi connectivity index (χ4n) is 2.08. The van der Waals surface area contributed by atoms with Crippen LogP contribution in [0.4, 0.5) is 4.79 Å². The predicted molar refractivity (Wildman–Crippen MR) is 58.0 cm³/mol. The van der Waals surface area contributed by atoms with Crippen LogP contribution >= 0.6 is 0 Å². The van der Waals surface area contributed by atoms with Crippen LogP contribution < -0.4 is 0 Å². The Morgan fingerprint density at radius 2 is 2.12 bits per heavy atom. The van der Waals surface area contributed by atoms with Gasteiger partial charge in [0.25, 0.3) is 5.91 Å². The smallest absolute Gasteiger partial charge is 0.417 e. The molecule has 2 rings (SSSR count). The second kappa shape index (κ2) is 4.73. The van der Waals surface area contributed by atoms with E-state index in [4.69, 9.17) is 0 Å². The van der Waals surface area contributed by atoms with Crippen molar-refractivity contribution < 1.29 is 19.1 Å². The lowest BCUT2D eigenvalue weighted by atomic mass is 9.99. The van der Waals surface area contributed by atoms with Gasteiger partial charge in [0.1, 0.15) is 0 Å². The first-order valence-corrected chi connectivity index (χ1v) is 5.86. The molecule has 0 atom stereocenters. The minimum atomic E-state index is -0.562. The van der Waals surface area contributed by atoms with Crippen molar-refractivity contribution in [2.24, 2.45) is 5.92 Å². The van der Waals surface area contributed by atoms with Crippen molar-refractivity contribution in [3.8, 4) is 0 Å². The van der Waals surface area contributed by atoms with Crippen LogP contribution in [-0.4, -0.2) is 53.9 Å². The van der Waals surface area contributed by atoms with Crippen LogP contribution in [0.5, 0.6) is 0 Å². The van der Waals surface area contributed by atoms with E-state index < -0.39 is 6.09 Å². The molecule has 0 aromatic carbocycles. The predicted octanol–water partition coefficient (Wildman–Crippen LogP) is 0.224. The quantitative estimate of drug-likeness (QED) is 0.705. The molecule has 3 amide bonds. The largest absolute Gasteiger partial charge is 0.439 e. The molecule has 94 valence electrons.